The van der Waals surface area contributed by atoms with Crippen molar-refractivity contribution in [2.24, 2.45) is 5.92 Å². The second kappa shape index (κ2) is 11.7. The lowest BCUT2D eigenvalue weighted by atomic mass is 9.96. The van der Waals surface area contributed by atoms with Crippen LogP contribution in [0.25, 0.3) is 22.3 Å². The Hall–Kier alpha value is -3.92. The Morgan fingerprint density at radius 2 is 0.675 bits per heavy atom. The van der Waals surface area contributed by atoms with Crippen LogP contribution in [0.3, 0.4) is 0 Å². The first-order valence-electron chi connectivity index (χ1n) is 13.9. The number of hydrogen-bond donors (Lipinski definition) is 2. The molecule has 0 fully saturated rings. The zero-order valence-electron chi connectivity index (χ0n) is 25.3. The monoisotopic (exact) mass is 538 g/mol. The maximum atomic E-state index is 10.1. The number of rotatable bonds is 8. The molecule has 0 saturated heterocycles. The highest BCUT2D eigenvalue weighted by Gasteiger charge is 2.15. The van der Waals surface area contributed by atoms with Gasteiger partial charge in [0.15, 0.2) is 0 Å². The molecule has 0 heterocycles. The van der Waals surface area contributed by atoms with Crippen molar-refractivity contribution in [3.05, 3.63) is 93.0 Å². The molecule has 0 radical (unpaired) electrons. The van der Waals surface area contributed by atoms with Crippen LogP contribution in [-0.4, -0.2) is 23.4 Å². The Morgan fingerprint density at radius 3 is 0.925 bits per heavy atom. The van der Waals surface area contributed by atoms with Gasteiger partial charge in [0.25, 0.3) is 0 Å². The van der Waals surface area contributed by atoms with Crippen molar-refractivity contribution in [2.45, 2.75) is 62.3 Å². The Morgan fingerprint density at radius 1 is 0.450 bits per heavy atom. The SMILES string of the molecule is Cc1cc(-c2cc(C)c(OCC(C)COc3c(C)cc(-c4cc(C)c(O)c(C)c4)cc3C)c(C)c2)cc(C)c1O. The predicted molar refractivity (Wildman–Crippen MR) is 165 cm³/mol. The van der Waals surface area contributed by atoms with Crippen molar-refractivity contribution in [3.63, 3.8) is 0 Å². The number of aromatic hydroxyl groups is 2. The molecule has 0 aliphatic carbocycles. The number of phenolic OH excluding ortho intramolecular Hbond substituents is 2. The minimum absolute atomic E-state index is 0.196. The third-order valence-electron chi connectivity index (χ3n) is 7.59. The third kappa shape index (κ3) is 6.12. The average molecular weight is 539 g/mol. The van der Waals surface area contributed by atoms with Crippen LogP contribution < -0.4 is 9.47 Å². The molecule has 40 heavy (non-hydrogen) atoms. The van der Waals surface area contributed by atoms with E-state index in [9.17, 15) is 10.2 Å². The number of hydrogen-bond acceptors (Lipinski definition) is 4. The molecule has 0 atom stereocenters. The van der Waals surface area contributed by atoms with E-state index in [4.69, 9.17) is 9.47 Å². The van der Waals surface area contributed by atoms with Gasteiger partial charge < -0.3 is 19.7 Å². The largest absolute Gasteiger partial charge is 0.507 e. The fourth-order valence-corrected chi connectivity index (χ4v) is 5.43. The molecular formula is C36H42O4. The fourth-order valence-electron chi connectivity index (χ4n) is 5.43. The summed E-state index contributed by atoms with van der Waals surface area (Å²) in [6.45, 7) is 19.3. The summed E-state index contributed by atoms with van der Waals surface area (Å²) in [5.41, 5.74) is 12.3. The van der Waals surface area contributed by atoms with Gasteiger partial charge in [-0.05, 0) is 171 Å². The van der Waals surface area contributed by atoms with E-state index in [0.717, 1.165) is 78.3 Å². The topological polar surface area (TPSA) is 58.9 Å². The van der Waals surface area contributed by atoms with Crippen LogP contribution in [0.4, 0.5) is 0 Å². The summed E-state index contributed by atoms with van der Waals surface area (Å²) in [6, 6.07) is 16.7. The van der Waals surface area contributed by atoms with E-state index >= 15 is 0 Å². The molecule has 210 valence electrons. The molecule has 0 bridgehead atoms. The van der Waals surface area contributed by atoms with Crippen LogP contribution in [0.2, 0.25) is 0 Å². The summed E-state index contributed by atoms with van der Waals surface area (Å²) in [4.78, 5) is 0. The Labute approximate surface area is 239 Å². The standard InChI is InChI=1S/C36H42O4/c1-20(18-39-35-25(6)14-31(15-26(35)7)29-10-21(2)33(37)22(3)11-29)19-40-36-27(8)16-32(17-28(36)9)30-12-23(4)34(38)24(5)13-30/h10-17,20,37-38H,18-19H2,1-9H3. The van der Waals surface area contributed by atoms with E-state index < -0.39 is 0 Å². The molecule has 4 heteroatoms. The lowest BCUT2D eigenvalue weighted by Gasteiger charge is -2.20. The highest BCUT2D eigenvalue weighted by molar-refractivity contribution is 5.71. The van der Waals surface area contributed by atoms with Gasteiger partial charge in [-0.1, -0.05) is 6.92 Å². The maximum Gasteiger partial charge on any atom is 0.125 e. The molecule has 4 aromatic carbocycles. The lowest BCUT2D eigenvalue weighted by Crippen LogP contribution is -2.18. The van der Waals surface area contributed by atoms with Crippen molar-refractivity contribution >= 4 is 0 Å². The lowest BCUT2D eigenvalue weighted by molar-refractivity contribution is 0.185. The van der Waals surface area contributed by atoms with Crippen molar-refractivity contribution in [1.29, 1.82) is 0 Å². The van der Waals surface area contributed by atoms with E-state index in [1.807, 2.05) is 52.0 Å². The zero-order chi connectivity index (χ0) is 29.3. The normalized spacial score (nSPS) is 11.2. The molecule has 4 nitrogen and oxygen atoms in total. The van der Waals surface area contributed by atoms with Crippen molar-refractivity contribution < 1.29 is 19.7 Å². The summed E-state index contributed by atoms with van der Waals surface area (Å²) in [5.74, 6) is 2.74. The molecule has 0 saturated carbocycles. The second-order valence-corrected chi connectivity index (χ2v) is 11.5. The van der Waals surface area contributed by atoms with E-state index in [-0.39, 0.29) is 5.92 Å². The first-order valence-corrected chi connectivity index (χ1v) is 13.9. The Bertz CT molecular complexity index is 1350. The minimum Gasteiger partial charge on any atom is -0.507 e. The van der Waals surface area contributed by atoms with Crippen molar-refractivity contribution in [3.8, 4) is 45.3 Å². The maximum absolute atomic E-state index is 10.1. The van der Waals surface area contributed by atoms with Crippen molar-refractivity contribution in [1.82, 2.24) is 0 Å². The first-order chi connectivity index (χ1) is 18.8. The second-order valence-electron chi connectivity index (χ2n) is 11.5. The van der Waals surface area contributed by atoms with E-state index in [0.29, 0.717) is 24.7 Å². The summed E-state index contributed by atoms with van der Waals surface area (Å²) in [6.07, 6.45) is 0. The summed E-state index contributed by atoms with van der Waals surface area (Å²) < 4.78 is 12.6. The molecule has 0 aliphatic heterocycles. The highest BCUT2D eigenvalue weighted by atomic mass is 16.5. The summed E-state index contributed by atoms with van der Waals surface area (Å²) in [5, 5.41) is 20.3. The van der Waals surface area contributed by atoms with Crippen LogP contribution in [0, 0.1) is 61.3 Å². The van der Waals surface area contributed by atoms with E-state index in [1.165, 1.54) is 0 Å². The van der Waals surface area contributed by atoms with Gasteiger partial charge in [-0.2, -0.15) is 0 Å². The van der Waals surface area contributed by atoms with Gasteiger partial charge >= 0.3 is 0 Å². The van der Waals surface area contributed by atoms with Crippen LogP contribution in [0.15, 0.2) is 48.5 Å². The Kier molecular flexibility index (Phi) is 8.48. The van der Waals surface area contributed by atoms with Gasteiger partial charge in [0.05, 0.1) is 13.2 Å². The van der Waals surface area contributed by atoms with Gasteiger partial charge in [0.2, 0.25) is 0 Å². The minimum atomic E-state index is 0.196. The number of ether oxygens (including phenoxy) is 2. The summed E-state index contributed by atoms with van der Waals surface area (Å²) in [7, 11) is 0. The van der Waals surface area contributed by atoms with E-state index in [1.54, 1.807) is 0 Å². The zero-order valence-corrected chi connectivity index (χ0v) is 25.3. The molecule has 4 aromatic rings. The number of aryl methyl sites for hydroxylation is 8. The molecule has 0 amide bonds. The van der Waals surface area contributed by atoms with Gasteiger partial charge in [0.1, 0.15) is 23.0 Å². The van der Waals surface area contributed by atoms with Crippen LogP contribution in [0.1, 0.15) is 51.4 Å². The first kappa shape index (κ1) is 29.1. The van der Waals surface area contributed by atoms with Crippen LogP contribution in [-0.2, 0) is 0 Å². The van der Waals surface area contributed by atoms with E-state index in [2.05, 4.69) is 58.9 Å². The molecule has 4 rings (SSSR count). The van der Waals surface area contributed by atoms with Crippen LogP contribution >= 0.6 is 0 Å². The van der Waals surface area contributed by atoms with Gasteiger partial charge in [-0.25, -0.2) is 0 Å². The predicted octanol–water partition coefficient (Wildman–Crippen LogP) is 8.99. The smallest absolute Gasteiger partial charge is 0.125 e. The van der Waals surface area contributed by atoms with Gasteiger partial charge in [-0.3, -0.25) is 0 Å². The highest BCUT2D eigenvalue weighted by Crippen LogP contribution is 2.35. The average Bonchev–Trinajstić information content (AvgIpc) is 2.88. The quantitative estimate of drug-likeness (QED) is 0.235. The molecule has 0 unspecified atom stereocenters. The number of benzene rings is 4. The molecular weight excluding hydrogens is 496 g/mol. The number of phenols is 2. The summed E-state index contributed by atoms with van der Waals surface area (Å²) >= 11 is 0. The van der Waals surface area contributed by atoms with Crippen LogP contribution in [0.5, 0.6) is 23.0 Å². The molecule has 0 aliphatic rings. The third-order valence-corrected chi connectivity index (χ3v) is 7.59. The van der Waals surface area contributed by atoms with Gasteiger partial charge in [0, 0.05) is 5.92 Å². The molecule has 2 N–H and O–H groups in total. The van der Waals surface area contributed by atoms with Crippen molar-refractivity contribution in [2.75, 3.05) is 13.2 Å². The molecule has 0 aromatic heterocycles. The molecule has 0 spiro atoms. The van der Waals surface area contributed by atoms with Gasteiger partial charge in [-0.15, -0.1) is 0 Å². The Balaban J connectivity index is 1.42. The fraction of sp³-hybridized carbons (Fsp3) is 0.333.